The van der Waals surface area contributed by atoms with E-state index in [-0.39, 0.29) is 18.9 Å². The Labute approximate surface area is 163 Å². The van der Waals surface area contributed by atoms with Crippen molar-refractivity contribution in [3.05, 3.63) is 54.1 Å². The second-order valence-corrected chi connectivity index (χ2v) is 6.63. The average molecular weight is 382 g/mol. The van der Waals surface area contributed by atoms with E-state index in [0.717, 1.165) is 11.3 Å². The maximum atomic E-state index is 12.3. The first-order chi connectivity index (χ1) is 13.5. The normalized spacial score (nSPS) is 16.0. The van der Waals surface area contributed by atoms with Crippen LogP contribution < -0.4 is 15.0 Å². The summed E-state index contributed by atoms with van der Waals surface area (Å²) in [6, 6.07) is 14.3. The Balaban J connectivity index is 1.49. The summed E-state index contributed by atoms with van der Waals surface area (Å²) in [6.45, 7) is 1.81. The first-order valence-corrected chi connectivity index (χ1v) is 8.94. The van der Waals surface area contributed by atoms with Gasteiger partial charge in [-0.15, -0.1) is 0 Å². The van der Waals surface area contributed by atoms with Crippen LogP contribution in [0.4, 0.5) is 11.4 Å². The highest BCUT2D eigenvalue weighted by Gasteiger charge is 2.36. The number of nitrogens with one attached hydrogen (secondary N) is 1. The fourth-order valence-corrected chi connectivity index (χ4v) is 2.97. The molecule has 1 heterocycles. The maximum Gasteiger partial charge on any atom is 0.311 e. The van der Waals surface area contributed by atoms with Gasteiger partial charge in [-0.1, -0.05) is 17.7 Å². The molecule has 3 rings (SSSR count). The van der Waals surface area contributed by atoms with Crippen LogP contribution in [0.15, 0.2) is 48.5 Å². The van der Waals surface area contributed by atoms with Gasteiger partial charge < -0.3 is 19.7 Å². The van der Waals surface area contributed by atoms with Crippen molar-refractivity contribution >= 4 is 29.2 Å². The molecule has 2 amide bonds. The highest BCUT2D eigenvalue weighted by Crippen LogP contribution is 2.26. The molecule has 7 heteroatoms. The number of nitrogens with zero attached hydrogens (tertiary/aromatic N) is 1. The van der Waals surface area contributed by atoms with Gasteiger partial charge in [-0.25, -0.2) is 0 Å². The lowest BCUT2D eigenvalue weighted by molar-refractivity contribution is -0.151. The van der Waals surface area contributed by atoms with Gasteiger partial charge in [0.1, 0.15) is 5.75 Å². The maximum absolute atomic E-state index is 12.3. The number of esters is 1. The Morgan fingerprint density at radius 1 is 1.11 bits per heavy atom. The number of amides is 2. The minimum atomic E-state index is -0.581. The molecule has 0 radical (unpaired) electrons. The first kappa shape index (κ1) is 19.4. The molecule has 0 saturated carbocycles. The number of methoxy groups -OCH3 is 1. The van der Waals surface area contributed by atoms with Crippen molar-refractivity contribution in [2.24, 2.45) is 5.92 Å². The number of carbonyl (C=O) groups is 3. The summed E-state index contributed by atoms with van der Waals surface area (Å²) in [5.74, 6) is -1.03. The second-order valence-electron chi connectivity index (χ2n) is 6.63. The number of hydrogen-bond acceptors (Lipinski definition) is 5. The monoisotopic (exact) mass is 382 g/mol. The molecule has 1 aliphatic rings. The molecule has 0 spiro atoms. The molecule has 146 valence electrons. The van der Waals surface area contributed by atoms with Gasteiger partial charge in [0.2, 0.25) is 5.91 Å². The van der Waals surface area contributed by atoms with Gasteiger partial charge in [0.05, 0.1) is 13.0 Å². The van der Waals surface area contributed by atoms with Crippen molar-refractivity contribution in [3.63, 3.8) is 0 Å². The van der Waals surface area contributed by atoms with E-state index in [1.165, 1.54) is 0 Å². The van der Waals surface area contributed by atoms with Gasteiger partial charge in [-0.2, -0.15) is 0 Å². The minimum absolute atomic E-state index is 0.0762. The number of ether oxygens (including phenoxy) is 2. The topological polar surface area (TPSA) is 84.9 Å². The molecule has 28 heavy (non-hydrogen) atoms. The summed E-state index contributed by atoms with van der Waals surface area (Å²) in [5.41, 5.74) is 2.42. The molecule has 2 aromatic carbocycles. The number of anilines is 2. The Hall–Kier alpha value is -3.35. The van der Waals surface area contributed by atoms with Gasteiger partial charge >= 0.3 is 5.97 Å². The number of rotatable bonds is 6. The van der Waals surface area contributed by atoms with Crippen LogP contribution in [-0.2, 0) is 19.1 Å². The molecule has 2 aromatic rings. The number of carbonyl (C=O) groups excluding carboxylic acids is 3. The molecule has 1 N–H and O–H groups in total. The molecule has 0 aliphatic carbocycles. The Morgan fingerprint density at radius 2 is 1.79 bits per heavy atom. The molecule has 1 aliphatic heterocycles. The number of aryl methyl sites for hydroxylation is 1. The molecule has 1 saturated heterocycles. The van der Waals surface area contributed by atoms with Crippen LogP contribution in [0, 0.1) is 12.8 Å². The van der Waals surface area contributed by atoms with Crippen molar-refractivity contribution in [1.29, 1.82) is 0 Å². The lowest BCUT2D eigenvalue weighted by Gasteiger charge is -2.16. The van der Waals surface area contributed by atoms with E-state index in [2.05, 4.69) is 5.32 Å². The summed E-state index contributed by atoms with van der Waals surface area (Å²) >= 11 is 0. The van der Waals surface area contributed by atoms with Crippen molar-refractivity contribution in [2.45, 2.75) is 13.3 Å². The summed E-state index contributed by atoms with van der Waals surface area (Å²) < 4.78 is 10.2. The third-order valence-corrected chi connectivity index (χ3v) is 4.52. The number of hydrogen-bond donors (Lipinski definition) is 1. The average Bonchev–Trinajstić information content (AvgIpc) is 3.09. The number of benzene rings is 2. The van der Waals surface area contributed by atoms with Gasteiger partial charge in [0.15, 0.2) is 6.61 Å². The second kappa shape index (κ2) is 8.56. The fraction of sp³-hybridized carbons (Fsp3) is 0.286. The van der Waals surface area contributed by atoms with Crippen LogP contribution in [0.1, 0.15) is 12.0 Å². The highest BCUT2D eigenvalue weighted by atomic mass is 16.5. The SMILES string of the molecule is COc1ccc(NC(=O)COC(=O)[C@@H]2CC(=O)N(c3ccc(C)cc3)C2)cc1. The van der Waals surface area contributed by atoms with Crippen molar-refractivity contribution in [1.82, 2.24) is 0 Å². The lowest BCUT2D eigenvalue weighted by Crippen LogP contribution is -2.28. The van der Waals surface area contributed by atoms with Gasteiger partial charge in [0, 0.05) is 24.3 Å². The van der Waals surface area contributed by atoms with Crippen LogP contribution in [0.25, 0.3) is 0 Å². The van der Waals surface area contributed by atoms with Crippen LogP contribution in [0.2, 0.25) is 0 Å². The largest absolute Gasteiger partial charge is 0.497 e. The van der Waals surface area contributed by atoms with Crippen molar-refractivity contribution in [2.75, 3.05) is 30.5 Å². The Morgan fingerprint density at radius 3 is 2.43 bits per heavy atom. The van der Waals surface area contributed by atoms with Crippen LogP contribution in [0.5, 0.6) is 5.75 Å². The Kier molecular flexibility index (Phi) is 5.93. The zero-order chi connectivity index (χ0) is 20.1. The lowest BCUT2D eigenvalue weighted by atomic mass is 10.1. The van der Waals surface area contributed by atoms with Crippen molar-refractivity contribution in [3.8, 4) is 5.75 Å². The molecular weight excluding hydrogens is 360 g/mol. The van der Waals surface area contributed by atoms with Gasteiger partial charge in [-0.05, 0) is 43.3 Å². The Bertz CT molecular complexity index is 861. The molecule has 0 aromatic heterocycles. The zero-order valence-corrected chi connectivity index (χ0v) is 15.8. The molecule has 0 bridgehead atoms. The predicted molar refractivity (Wildman–Crippen MR) is 104 cm³/mol. The molecule has 7 nitrogen and oxygen atoms in total. The van der Waals surface area contributed by atoms with E-state index >= 15 is 0 Å². The molecule has 1 fully saturated rings. The summed E-state index contributed by atoms with van der Waals surface area (Å²) in [4.78, 5) is 38.0. The summed E-state index contributed by atoms with van der Waals surface area (Å²) in [6.07, 6.45) is 0.0762. The fourth-order valence-electron chi connectivity index (χ4n) is 2.97. The third kappa shape index (κ3) is 4.68. The van der Waals surface area contributed by atoms with Crippen molar-refractivity contribution < 1.29 is 23.9 Å². The quantitative estimate of drug-likeness (QED) is 0.776. The predicted octanol–water partition coefficient (Wildman–Crippen LogP) is 2.54. The summed E-state index contributed by atoms with van der Waals surface area (Å²) in [7, 11) is 1.56. The van der Waals surface area contributed by atoms with Gasteiger partial charge in [0.25, 0.3) is 5.91 Å². The van der Waals surface area contributed by atoms with E-state index in [1.54, 1.807) is 36.3 Å². The highest BCUT2D eigenvalue weighted by molar-refractivity contribution is 6.00. The smallest absolute Gasteiger partial charge is 0.311 e. The van der Waals surface area contributed by atoms with Crippen LogP contribution >= 0.6 is 0 Å². The molecule has 1 atom stereocenters. The van der Waals surface area contributed by atoms with E-state index in [0.29, 0.717) is 11.4 Å². The zero-order valence-electron chi connectivity index (χ0n) is 15.8. The van der Waals surface area contributed by atoms with E-state index in [1.807, 2.05) is 31.2 Å². The van der Waals surface area contributed by atoms with E-state index < -0.39 is 24.4 Å². The molecule has 0 unspecified atom stereocenters. The summed E-state index contributed by atoms with van der Waals surface area (Å²) in [5, 5.41) is 2.64. The first-order valence-electron chi connectivity index (χ1n) is 8.94. The van der Waals surface area contributed by atoms with E-state index in [9.17, 15) is 14.4 Å². The van der Waals surface area contributed by atoms with Crippen LogP contribution in [0.3, 0.4) is 0 Å². The molecular formula is C21H22N2O5. The third-order valence-electron chi connectivity index (χ3n) is 4.52. The minimum Gasteiger partial charge on any atom is -0.497 e. The standard InChI is InChI=1S/C21H22N2O5/c1-14-3-7-17(8-4-14)23-12-15(11-20(23)25)21(26)28-13-19(24)22-16-5-9-18(27-2)10-6-16/h3-10,15H,11-13H2,1-2H3,(H,22,24)/t15-/m1/s1. The van der Waals surface area contributed by atoms with Gasteiger partial charge in [-0.3, -0.25) is 14.4 Å². The van der Waals surface area contributed by atoms with E-state index in [4.69, 9.17) is 9.47 Å². The van der Waals surface area contributed by atoms with Crippen LogP contribution in [-0.4, -0.2) is 38.0 Å².